The summed E-state index contributed by atoms with van der Waals surface area (Å²) >= 11 is 6.14. The summed E-state index contributed by atoms with van der Waals surface area (Å²) in [5, 5.41) is 21.2. The maximum atomic E-state index is 12.9. The average Bonchev–Trinajstić information content (AvgIpc) is 3.47. The molecule has 2 amide bonds. The van der Waals surface area contributed by atoms with Crippen molar-refractivity contribution < 1.29 is 19.1 Å². The van der Waals surface area contributed by atoms with E-state index in [2.05, 4.69) is 32.6 Å². The van der Waals surface area contributed by atoms with Gasteiger partial charge in [0.05, 0.1) is 22.4 Å². The molecule has 2 saturated heterocycles. The lowest BCUT2D eigenvalue weighted by molar-refractivity contribution is 0.00798. The first-order valence-electron chi connectivity index (χ1n) is 17.9. The van der Waals surface area contributed by atoms with E-state index in [4.69, 9.17) is 26.3 Å². The maximum Gasteiger partial charge on any atom is 0.410 e. The molecule has 4 aliphatic rings. The largest absolute Gasteiger partial charge is 0.490 e. The Morgan fingerprint density at radius 1 is 1.00 bits per heavy atom. The minimum absolute atomic E-state index is 0.0437. The number of likely N-dealkylation sites (tertiary alicyclic amines) is 2. The van der Waals surface area contributed by atoms with E-state index in [1.165, 1.54) is 24.8 Å². The van der Waals surface area contributed by atoms with E-state index in [0.29, 0.717) is 33.5 Å². The molecule has 2 aliphatic carbocycles. The molecule has 49 heavy (non-hydrogen) atoms. The number of nitriles is 1. The van der Waals surface area contributed by atoms with Gasteiger partial charge in [-0.05, 0) is 140 Å². The summed E-state index contributed by atoms with van der Waals surface area (Å²) in [6, 6.07) is 11.5. The van der Waals surface area contributed by atoms with Crippen LogP contribution in [0.15, 0.2) is 35.9 Å². The molecule has 0 unspecified atom stereocenters. The van der Waals surface area contributed by atoms with Crippen molar-refractivity contribution in [3.63, 3.8) is 0 Å². The number of ether oxygens (including phenoxy) is 2. The van der Waals surface area contributed by atoms with Crippen LogP contribution in [0.3, 0.4) is 0 Å². The molecule has 6 rings (SSSR count). The Balaban J connectivity index is 0.918. The third-order valence-electron chi connectivity index (χ3n) is 10.7. The van der Waals surface area contributed by atoms with Crippen LogP contribution < -0.4 is 10.1 Å². The molecule has 0 atom stereocenters. The highest BCUT2D eigenvalue weighted by atomic mass is 35.5. The predicted octanol–water partition coefficient (Wildman–Crippen LogP) is 7.17. The Morgan fingerprint density at radius 3 is 2.37 bits per heavy atom. The van der Waals surface area contributed by atoms with Crippen LogP contribution in [0.5, 0.6) is 5.75 Å². The van der Waals surface area contributed by atoms with Crippen LogP contribution in [0.2, 0.25) is 5.02 Å². The Kier molecular flexibility index (Phi) is 10.8. The molecule has 11 heteroatoms. The molecular formula is C38H49ClN6O4. The van der Waals surface area contributed by atoms with Gasteiger partial charge >= 0.3 is 6.09 Å². The minimum atomic E-state index is -0.458. The number of aromatic nitrogens is 2. The van der Waals surface area contributed by atoms with Gasteiger partial charge in [-0.3, -0.25) is 4.79 Å². The van der Waals surface area contributed by atoms with Crippen LogP contribution in [-0.4, -0.2) is 82.0 Å². The van der Waals surface area contributed by atoms with Gasteiger partial charge in [0.25, 0.3) is 5.91 Å². The second-order valence-electron chi connectivity index (χ2n) is 15.4. The van der Waals surface area contributed by atoms with Crippen LogP contribution in [0.1, 0.15) is 113 Å². The maximum absolute atomic E-state index is 12.9. The monoisotopic (exact) mass is 688 g/mol. The van der Waals surface area contributed by atoms with Gasteiger partial charge < -0.3 is 24.6 Å². The van der Waals surface area contributed by atoms with Gasteiger partial charge in [0.1, 0.15) is 17.4 Å². The van der Waals surface area contributed by atoms with E-state index < -0.39 is 5.60 Å². The number of allylic oxidation sites excluding steroid dienone is 1. The van der Waals surface area contributed by atoms with E-state index in [0.717, 1.165) is 83.2 Å². The molecule has 2 saturated carbocycles. The zero-order valence-electron chi connectivity index (χ0n) is 29.0. The van der Waals surface area contributed by atoms with Crippen LogP contribution in [-0.2, 0) is 4.74 Å². The predicted molar refractivity (Wildman–Crippen MR) is 188 cm³/mol. The van der Waals surface area contributed by atoms with Crippen LogP contribution in [0.4, 0.5) is 4.79 Å². The Labute approximate surface area is 295 Å². The number of amides is 2. The standard InChI is InChI=1S/C38H49ClN6O4/c1-37(2,3)49-36(47)45-18-13-30(14-19-45)44-20-16-38(17-21-44)15-12-26(24-38)22-29-7-11-34(43-42-29)35(46)41-28-5-9-31(10-6-28)48-32-8-4-27(25-40)33(39)23-32/h4,7-8,11,22-23,28,30-31H,5-6,9-10,12-21,24H2,1-3H3,(H,41,46)/b26-22-. The lowest BCUT2D eigenvalue weighted by Gasteiger charge is -2.45. The first-order valence-corrected chi connectivity index (χ1v) is 18.3. The molecule has 4 fully saturated rings. The number of halogens is 1. The van der Waals surface area contributed by atoms with Crippen molar-refractivity contribution in [3.05, 3.63) is 57.9 Å². The van der Waals surface area contributed by atoms with Gasteiger partial charge in [0.2, 0.25) is 0 Å². The van der Waals surface area contributed by atoms with Crippen molar-refractivity contribution in [2.24, 2.45) is 5.41 Å². The fraction of sp³-hybridized carbons (Fsp3) is 0.605. The number of hydrogen-bond donors (Lipinski definition) is 1. The summed E-state index contributed by atoms with van der Waals surface area (Å²) < 4.78 is 11.7. The Bertz CT molecular complexity index is 1560. The molecule has 0 bridgehead atoms. The summed E-state index contributed by atoms with van der Waals surface area (Å²) in [4.78, 5) is 29.9. The van der Waals surface area contributed by atoms with Crippen LogP contribution in [0.25, 0.3) is 6.08 Å². The molecule has 2 aromatic rings. The fourth-order valence-corrected chi connectivity index (χ4v) is 8.14. The average molecular weight is 689 g/mol. The molecule has 2 aliphatic heterocycles. The lowest BCUT2D eigenvalue weighted by Crippen LogP contribution is -2.50. The highest BCUT2D eigenvalue weighted by molar-refractivity contribution is 6.31. The molecule has 1 spiro atoms. The molecule has 262 valence electrons. The van der Waals surface area contributed by atoms with Crippen molar-refractivity contribution in [2.45, 2.75) is 115 Å². The van der Waals surface area contributed by atoms with Crippen molar-refractivity contribution in [2.75, 3.05) is 26.2 Å². The number of hydrogen-bond acceptors (Lipinski definition) is 8. The van der Waals surface area contributed by atoms with E-state index in [9.17, 15) is 9.59 Å². The number of nitrogens with zero attached hydrogens (tertiary/aromatic N) is 5. The second kappa shape index (κ2) is 15.1. The van der Waals surface area contributed by atoms with Gasteiger partial charge in [0.15, 0.2) is 5.69 Å². The third kappa shape index (κ3) is 9.11. The molecule has 0 radical (unpaired) electrons. The van der Waals surface area contributed by atoms with Gasteiger partial charge in [0, 0.05) is 31.2 Å². The number of rotatable bonds is 6. The van der Waals surface area contributed by atoms with E-state index in [1.54, 1.807) is 24.3 Å². The summed E-state index contributed by atoms with van der Waals surface area (Å²) in [5.41, 5.74) is 2.90. The fourth-order valence-electron chi connectivity index (χ4n) is 7.92. The SMILES string of the molecule is CC(C)(C)OC(=O)N1CCC(N2CCC3(CC/C(=C/c4ccc(C(=O)NC5CCC(Oc6ccc(C#N)c(Cl)c6)CC5)nn4)C3)CC2)CC1. The first kappa shape index (κ1) is 35.2. The normalized spacial score (nSPS) is 24.1. The first-order chi connectivity index (χ1) is 23.5. The number of carbonyl (C=O) groups excluding carboxylic acids is 2. The third-order valence-corrected chi connectivity index (χ3v) is 11.0. The molecule has 3 heterocycles. The smallest absolute Gasteiger partial charge is 0.410 e. The van der Waals surface area contributed by atoms with Gasteiger partial charge in [-0.1, -0.05) is 17.2 Å². The van der Waals surface area contributed by atoms with Gasteiger partial charge in [-0.2, -0.15) is 10.4 Å². The minimum Gasteiger partial charge on any atom is -0.490 e. The van der Waals surface area contributed by atoms with Gasteiger partial charge in [-0.25, -0.2) is 4.79 Å². The molecular weight excluding hydrogens is 640 g/mol. The zero-order valence-corrected chi connectivity index (χ0v) is 29.8. The van der Waals surface area contributed by atoms with E-state index in [-0.39, 0.29) is 24.1 Å². The van der Waals surface area contributed by atoms with E-state index in [1.807, 2.05) is 31.7 Å². The Hall–Kier alpha value is -3.68. The van der Waals surface area contributed by atoms with E-state index >= 15 is 0 Å². The number of piperidine rings is 2. The second-order valence-corrected chi connectivity index (χ2v) is 15.8. The van der Waals surface area contributed by atoms with Crippen LogP contribution >= 0.6 is 11.6 Å². The summed E-state index contributed by atoms with van der Waals surface area (Å²) in [6.07, 6.45) is 13.1. The van der Waals surface area contributed by atoms with Gasteiger partial charge in [-0.15, -0.1) is 5.10 Å². The van der Waals surface area contributed by atoms with Crippen molar-refractivity contribution in [1.82, 2.24) is 25.3 Å². The number of benzene rings is 1. The van der Waals surface area contributed by atoms with Crippen molar-refractivity contribution >= 4 is 29.7 Å². The molecule has 1 N–H and O–H groups in total. The zero-order chi connectivity index (χ0) is 34.6. The summed E-state index contributed by atoms with van der Waals surface area (Å²) in [6.45, 7) is 9.52. The summed E-state index contributed by atoms with van der Waals surface area (Å²) in [7, 11) is 0. The topological polar surface area (TPSA) is 121 Å². The Morgan fingerprint density at radius 2 is 1.73 bits per heavy atom. The highest BCUT2D eigenvalue weighted by Crippen LogP contribution is 2.49. The quantitative estimate of drug-likeness (QED) is 0.339. The highest BCUT2D eigenvalue weighted by Gasteiger charge is 2.41. The molecule has 1 aromatic carbocycles. The lowest BCUT2D eigenvalue weighted by atomic mass is 9.76. The van der Waals surface area contributed by atoms with Crippen molar-refractivity contribution in [1.29, 1.82) is 5.26 Å². The summed E-state index contributed by atoms with van der Waals surface area (Å²) in [5.74, 6) is 0.461. The number of nitrogens with one attached hydrogen (secondary N) is 1. The van der Waals surface area contributed by atoms with Crippen molar-refractivity contribution in [3.8, 4) is 11.8 Å². The molecule has 1 aromatic heterocycles. The molecule has 10 nitrogen and oxygen atoms in total. The van der Waals surface area contributed by atoms with Crippen LogP contribution in [0, 0.1) is 16.7 Å². The number of carbonyl (C=O) groups is 2.